The summed E-state index contributed by atoms with van der Waals surface area (Å²) < 4.78 is 1.76. The number of carbonyl (C=O) groups is 1. The normalized spacial score (nSPS) is 16.3. The number of ketones is 1. The molecule has 0 saturated carbocycles. The molecule has 3 aromatic carbocycles. The molecule has 0 fully saturated rings. The van der Waals surface area contributed by atoms with Crippen LogP contribution in [0.2, 0.25) is 0 Å². The first-order chi connectivity index (χ1) is 18.8. The number of nitrogens with zero attached hydrogens (tertiary/aromatic N) is 2. The van der Waals surface area contributed by atoms with Gasteiger partial charge in [0.15, 0.2) is 5.78 Å². The van der Waals surface area contributed by atoms with Crippen LogP contribution >= 0.6 is 0 Å². The van der Waals surface area contributed by atoms with Gasteiger partial charge in [0.1, 0.15) is 5.69 Å². The molecule has 0 bridgehead atoms. The van der Waals surface area contributed by atoms with Crippen LogP contribution in [0.25, 0.3) is 29.0 Å². The van der Waals surface area contributed by atoms with Crippen LogP contribution in [0.15, 0.2) is 116 Å². The third-order valence-corrected chi connectivity index (χ3v) is 7.25. The van der Waals surface area contributed by atoms with Gasteiger partial charge in [0.2, 0.25) is 0 Å². The second-order valence-corrected chi connectivity index (χ2v) is 9.57. The quantitative estimate of drug-likeness (QED) is 0.394. The van der Waals surface area contributed by atoms with E-state index in [1.54, 1.807) is 10.9 Å². The van der Waals surface area contributed by atoms with Crippen molar-refractivity contribution >= 4 is 17.9 Å². The lowest BCUT2D eigenvalue weighted by molar-refractivity contribution is 0.0939. The van der Waals surface area contributed by atoms with Crippen molar-refractivity contribution < 1.29 is 4.79 Å². The smallest absolute Gasteiger partial charge is 0.188 e. The summed E-state index contributed by atoms with van der Waals surface area (Å²) in [5.41, 5.74) is 6.86. The van der Waals surface area contributed by atoms with Crippen molar-refractivity contribution in [3.8, 4) is 16.8 Å². The Morgan fingerprint density at radius 3 is 2.42 bits per heavy atom. The Morgan fingerprint density at radius 1 is 0.789 bits per heavy atom. The number of aryl methyl sites for hydroxylation is 1. The van der Waals surface area contributed by atoms with E-state index in [2.05, 4.69) is 59.0 Å². The van der Waals surface area contributed by atoms with Gasteiger partial charge < -0.3 is 5.32 Å². The van der Waals surface area contributed by atoms with Crippen LogP contribution in [-0.4, -0.2) is 15.6 Å². The van der Waals surface area contributed by atoms with Crippen LogP contribution in [0.3, 0.4) is 0 Å². The van der Waals surface area contributed by atoms with E-state index >= 15 is 0 Å². The summed E-state index contributed by atoms with van der Waals surface area (Å²) in [6, 6.07) is 24.8. The second-order valence-electron chi connectivity index (χ2n) is 9.57. The lowest BCUT2D eigenvalue weighted by Crippen LogP contribution is -2.37. The molecular weight excluding hydrogens is 466 g/mol. The van der Waals surface area contributed by atoms with Crippen molar-refractivity contribution in [3.63, 3.8) is 0 Å². The number of aromatic nitrogens is 2. The molecule has 4 nitrogen and oxygen atoms in total. The third kappa shape index (κ3) is 4.69. The summed E-state index contributed by atoms with van der Waals surface area (Å²) in [5, 5.41) is 9.86. The molecule has 0 radical (unpaired) electrons. The van der Waals surface area contributed by atoms with Crippen LogP contribution < -0.4 is 15.8 Å². The highest BCUT2D eigenvalue weighted by Gasteiger charge is 2.25. The van der Waals surface area contributed by atoms with Gasteiger partial charge in [-0.3, -0.25) is 4.79 Å². The molecule has 0 amide bonds. The van der Waals surface area contributed by atoms with Gasteiger partial charge in [-0.05, 0) is 82.3 Å². The van der Waals surface area contributed by atoms with Gasteiger partial charge in [-0.2, -0.15) is 5.10 Å². The first kappa shape index (κ1) is 23.7. The fourth-order valence-corrected chi connectivity index (χ4v) is 5.39. The van der Waals surface area contributed by atoms with Crippen LogP contribution in [0.4, 0.5) is 0 Å². The largest absolute Gasteiger partial charge is 0.368 e. The molecule has 186 valence electrons. The molecular formula is C34H29N3O. The second kappa shape index (κ2) is 10.7. The predicted octanol–water partition coefficient (Wildman–Crippen LogP) is 5.27. The Morgan fingerprint density at radius 2 is 1.58 bits per heavy atom. The standard InChI is InChI=1S/C28H22N2O.C6H7N/c31-28(27-16-17-29-30(27)22-7-2-1-3-8-22)21-11-10-20-13-14-24-23-9-5-4-6-19(23)12-15-25(24)26(20)18-21;1-2-4-6-7-5-3-1/h1-9,13-18,21H,10-12H2;1-7H. The van der Waals surface area contributed by atoms with Gasteiger partial charge in [0.25, 0.3) is 0 Å². The number of allylic oxidation sites excluding steroid dienone is 4. The highest BCUT2D eigenvalue weighted by atomic mass is 16.1. The van der Waals surface area contributed by atoms with Crippen molar-refractivity contribution in [2.75, 3.05) is 0 Å². The lowest BCUT2D eigenvalue weighted by Gasteiger charge is -2.21. The number of hydrogen-bond donors (Lipinski definition) is 1. The predicted molar refractivity (Wildman–Crippen MR) is 154 cm³/mol. The Labute approximate surface area is 222 Å². The highest BCUT2D eigenvalue weighted by molar-refractivity contribution is 6.00. The molecule has 0 spiro atoms. The maximum Gasteiger partial charge on any atom is 0.188 e. The van der Waals surface area contributed by atoms with E-state index in [1.165, 1.54) is 32.7 Å². The Kier molecular flexibility index (Phi) is 6.69. The topological polar surface area (TPSA) is 46.9 Å². The molecule has 4 heteroatoms. The highest BCUT2D eigenvalue weighted by Crippen LogP contribution is 2.26. The number of nitrogens with one attached hydrogen (secondary N) is 1. The minimum atomic E-state index is -0.135. The first-order valence-corrected chi connectivity index (χ1v) is 13.1. The zero-order chi connectivity index (χ0) is 25.7. The van der Waals surface area contributed by atoms with Gasteiger partial charge >= 0.3 is 0 Å². The molecule has 1 aliphatic heterocycles. The molecule has 1 aromatic heterocycles. The van der Waals surface area contributed by atoms with E-state index in [0.29, 0.717) is 5.69 Å². The van der Waals surface area contributed by atoms with Gasteiger partial charge in [-0.1, -0.05) is 78.9 Å². The van der Waals surface area contributed by atoms with Crippen LogP contribution in [0, 0.1) is 5.92 Å². The minimum absolute atomic E-state index is 0.135. The zero-order valence-electron chi connectivity index (χ0n) is 21.1. The average molecular weight is 496 g/mol. The molecule has 7 rings (SSSR count). The number of Topliss-reactive ketones (excluding diaryl/α,β-unsaturated/α-hetero) is 1. The van der Waals surface area contributed by atoms with E-state index < -0.39 is 0 Å². The van der Waals surface area contributed by atoms with Crippen molar-refractivity contribution in [3.05, 3.63) is 143 Å². The number of carbonyl (C=O) groups excluding carboxylic acids is 1. The van der Waals surface area contributed by atoms with Crippen molar-refractivity contribution in [2.45, 2.75) is 19.3 Å². The summed E-state index contributed by atoms with van der Waals surface area (Å²) >= 11 is 0. The summed E-state index contributed by atoms with van der Waals surface area (Å²) in [4.78, 5) is 13.5. The molecule has 0 saturated heterocycles. The fourth-order valence-electron chi connectivity index (χ4n) is 5.39. The monoisotopic (exact) mass is 495 g/mol. The van der Waals surface area contributed by atoms with Gasteiger partial charge in [-0.15, -0.1) is 0 Å². The minimum Gasteiger partial charge on any atom is -0.368 e. The molecule has 2 aliphatic carbocycles. The van der Waals surface area contributed by atoms with E-state index in [0.717, 1.165) is 24.9 Å². The van der Waals surface area contributed by atoms with E-state index in [4.69, 9.17) is 0 Å². The molecule has 1 atom stereocenters. The number of para-hydroxylation sites is 1. The van der Waals surface area contributed by atoms with Crippen molar-refractivity contribution in [1.82, 2.24) is 15.1 Å². The van der Waals surface area contributed by atoms with Crippen molar-refractivity contribution in [2.24, 2.45) is 5.92 Å². The maximum atomic E-state index is 13.5. The number of hydrogen-bond acceptors (Lipinski definition) is 3. The van der Waals surface area contributed by atoms with Gasteiger partial charge in [0.05, 0.1) is 11.9 Å². The molecule has 4 aromatic rings. The Hall–Kier alpha value is -4.70. The lowest BCUT2D eigenvalue weighted by atomic mass is 9.83. The SMILES string of the molecule is C1=CC=CNC=C1.O=C(c1ccnn1-c1ccccc1)C1C=c2c(ccc3c2=CCc2ccccc2-3)CC1. The number of fused-ring (bicyclic) bond motifs is 5. The maximum absolute atomic E-state index is 13.5. The summed E-state index contributed by atoms with van der Waals surface area (Å²) in [6.07, 6.45) is 20.5. The molecule has 1 N–H and O–H groups in total. The summed E-state index contributed by atoms with van der Waals surface area (Å²) in [5.74, 6) is 0.00421. The number of benzene rings is 3. The van der Waals surface area contributed by atoms with Gasteiger partial charge in [0, 0.05) is 18.3 Å². The van der Waals surface area contributed by atoms with Crippen LogP contribution in [0.1, 0.15) is 28.0 Å². The molecule has 1 unspecified atom stereocenters. The van der Waals surface area contributed by atoms with Crippen molar-refractivity contribution in [1.29, 1.82) is 0 Å². The first-order valence-electron chi connectivity index (χ1n) is 13.1. The average Bonchev–Trinajstić information content (AvgIpc) is 3.28. The zero-order valence-corrected chi connectivity index (χ0v) is 21.1. The van der Waals surface area contributed by atoms with Crippen LogP contribution in [0.5, 0.6) is 0 Å². The fraction of sp³-hybridized carbons (Fsp3) is 0.118. The third-order valence-electron chi connectivity index (χ3n) is 7.25. The van der Waals surface area contributed by atoms with Crippen LogP contribution in [-0.2, 0) is 12.8 Å². The van der Waals surface area contributed by atoms with E-state index in [-0.39, 0.29) is 11.7 Å². The molecule has 2 heterocycles. The summed E-state index contributed by atoms with van der Waals surface area (Å²) in [7, 11) is 0. The Balaban J connectivity index is 0.000000330. The summed E-state index contributed by atoms with van der Waals surface area (Å²) in [6.45, 7) is 0. The molecule has 3 aliphatic rings. The van der Waals surface area contributed by atoms with E-state index in [9.17, 15) is 4.79 Å². The number of rotatable bonds is 3. The van der Waals surface area contributed by atoms with Gasteiger partial charge in [-0.25, -0.2) is 4.68 Å². The van der Waals surface area contributed by atoms with E-state index in [1.807, 2.05) is 73.1 Å². The Bertz CT molecular complexity index is 1680. The molecule has 38 heavy (non-hydrogen) atoms.